The summed E-state index contributed by atoms with van der Waals surface area (Å²) in [5.74, 6) is -1.48. The highest BCUT2D eigenvalue weighted by atomic mass is 32.2. The number of aliphatic hydroxyl groups excluding tert-OH is 2. The highest BCUT2D eigenvalue weighted by molar-refractivity contribution is 8.14. The van der Waals surface area contributed by atoms with Crippen LogP contribution in [0.2, 0.25) is 0 Å². The maximum absolute atomic E-state index is 12.7. The molecule has 1 fully saturated rings. The van der Waals surface area contributed by atoms with Crippen LogP contribution in [0.15, 0.2) is 28.2 Å². The fourth-order valence-corrected chi connectivity index (χ4v) is 8.26. The summed E-state index contributed by atoms with van der Waals surface area (Å²) in [5.41, 5.74) is 3.32. The van der Waals surface area contributed by atoms with Gasteiger partial charge in [-0.05, 0) is 0 Å². The Labute approximate surface area is 318 Å². The number of phosphoric acid groups is 3. The molecule has 4 heterocycles. The van der Waals surface area contributed by atoms with Crippen molar-refractivity contribution in [1.29, 1.82) is 0 Å². The number of hydrogen-bond donors (Lipinski definition) is 10. The van der Waals surface area contributed by atoms with E-state index in [4.69, 9.17) is 19.5 Å². The largest absolute Gasteiger partial charge is 0.481 e. The Morgan fingerprint density at radius 3 is 2.45 bits per heavy atom. The van der Waals surface area contributed by atoms with Crippen molar-refractivity contribution in [3.8, 4) is 0 Å². The summed E-state index contributed by atoms with van der Waals surface area (Å²) in [6, 6.07) is 0. The highest BCUT2D eigenvalue weighted by Gasteiger charge is 2.50. The molecular weight excluding hydrogens is 841 g/mol. The number of nitrogens with one attached hydrogen (secondary N) is 3. The molecule has 31 heteroatoms. The Morgan fingerprint density at radius 1 is 1.09 bits per heavy atom. The van der Waals surface area contributed by atoms with E-state index >= 15 is 0 Å². The number of ether oxygens (including phenoxy) is 1. The van der Waals surface area contributed by atoms with E-state index in [-0.39, 0.29) is 47.8 Å². The minimum absolute atomic E-state index is 0.0200. The average Bonchev–Trinajstić information content (AvgIpc) is 3.81. The number of fused-ring (bicyclic) bond motifs is 1. The molecule has 1 aliphatic rings. The molecular formula is C25H37N8O19P3S. The molecule has 3 aromatic heterocycles. The second-order valence-corrected chi connectivity index (χ2v) is 17.6. The zero-order valence-electron chi connectivity index (χ0n) is 29.0. The Hall–Kier alpha value is -3.43. The van der Waals surface area contributed by atoms with Gasteiger partial charge in [-0.3, -0.25) is 37.3 Å². The van der Waals surface area contributed by atoms with Gasteiger partial charge in [0.1, 0.15) is 48.1 Å². The van der Waals surface area contributed by atoms with Crippen molar-refractivity contribution >= 4 is 69.1 Å². The number of H-pyrrole nitrogens is 1. The van der Waals surface area contributed by atoms with Gasteiger partial charge >= 0.3 is 23.5 Å². The van der Waals surface area contributed by atoms with Gasteiger partial charge in [-0.25, -0.2) is 28.6 Å². The Bertz CT molecular complexity index is 2090. The monoisotopic (exact) mass is 878 g/mol. The smallest absolute Gasteiger partial charge is 0.386 e. The molecule has 0 bridgehead atoms. The fraction of sp³-hybridized carbons (Fsp3) is 0.560. The number of nitrogens with zero attached hydrogens (tertiary/aromatic N) is 4. The number of aliphatic hydroxyl groups is 2. The normalized spacial score (nSPS) is 21.6. The zero-order valence-corrected chi connectivity index (χ0v) is 32.5. The number of thioether (sulfide) groups is 1. The molecule has 0 radical (unpaired) electrons. The number of carbonyl (C=O) groups is 3. The molecule has 56 heavy (non-hydrogen) atoms. The van der Waals surface area contributed by atoms with Gasteiger partial charge in [0.25, 0.3) is 5.56 Å². The second-order valence-electron chi connectivity index (χ2n) is 12.3. The number of nitrogens with two attached hydrogens (primary N) is 1. The van der Waals surface area contributed by atoms with Gasteiger partial charge in [-0.15, -0.1) is 0 Å². The number of aromatic amines is 1. The van der Waals surface area contributed by atoms with Gasteiger partial charge in [-0.1, -0.05) is 25.6 Å². The van der Waals surface area contributed by atoms with Gasteiger partial charge in [0.05, 0.1) is 19.5 Å². The van der Waals surface area contributed by atoms with Crippen LogP contribution in [0.5, 0.6) is 0 Å². The summed E-state index contributed by atoms with van der Waals surface area (Å²) in [4.78, 5) is 98.7. The number of rotatable bonds is 20. The molecule has 7 unspecified atom stereocenters. The summed E-state index contributed by atoms with van der Waals surface area (Å²) >= 11 is 0.762. The highest BCUT2D eigenvalue weighted by Crippen LogP contribution is 2.61. The number of nitrogen functional groups attached to an aromatic ring is 1. The van der Waals surface area contributed by atoms with E-state index in [0.29, 0.717) is 0 Å². The lowest BCUT2D eigenvalue weighted by Crippen LogP contribution is -2.46. The van der Waals surface area contributed by atoms with Crippen LogP contribution in [0.3, 0.4) is 0 Å². The van der Waals surface area contributed by atoms with Gasteiger partial charge in [0, 0.05) is 30.7 Å². The predicted octanol–water partition coefficient (Wildman–Crippen LogP) is -1.74. The summed E-state index contributed by atoms with van der Waals surface area (Å²) in [6.07, 6.45) is -6.14. The van der Waals surface area contributed by atoms with Crippen molar-refractivity contribution in [2.45, 2.75) is 50.9 Å². The molecule has 0 aromatic carbocycles. The Morgan fingerprint density at radius 2 is 1.79 bits per heavy atom. The van der Waals surface area contributed by atoms with E-state index in [1.165, 1.54) is 13.8 Å². The number of anilines is 1. The molecule has 0 aliphatic carbocycles. The van der Waals surface area contributed by atoms with Crippen molar-refractivity contribution < 1.29 is 85.0 Å². The molecule has 0 saturated carbocycles. The lowest BCUT2D eigenvalue weighted by Gasteiger charge is -2.30. The average molecular weight is 879 g/mol. The molecule has 1 saturated heterocycles. The van der Waals surface area contributed by atoms with Crippen LogP contribution < -0.4 is 21.9 Å². The first-order valence-electron chi connectivity index (χ1n) is 15.7. The fourth-order valence-electron chi connectivity index (χ4n) is 4.74. The number of carbonyl (C=O) groups excluding carboxylic acids is 3. The van der Waals surface area contributed by atoms with E-state index in [9.17, 15) is 62.7 Å². The van der Waals surface area contributed by atoms with Gasteiger partial charge < -0.3 is 55.4 Å². The molecule has 1 aliphatic heterocycles. The first-order valence-corrected chi connectivity index (χ1v) is 21.2. The Kier molecular flexibility index (Phi) is 14.9. The summed E-state index contributed by atoms with van der Waals surface area (Å²) in [6.45, 7) is 0.166. The third-order valence-electron chi connectivity index (χ3n) is 7.53. The van der Waals surface area contributed by atoms with Crippen LogP contribution in [0.1, 0.15) is 36.9 Å². The maximum atomic E-state index is 12.7. The quantitative estimate of drug-likeness (QED) is 0.0445. The summed E-state index contributed by atoms with van der Waals surface area (Å²) in [5, 5.41) is 27.6. The zero-order chi connectivity index (χ0) is 41.6. The molecule has 0 spiro atoms. The summed E-state index contributed by atoms with van der Waals surface area (Å²) < 4.78 is 66.5. The van der Waals surface area contributed by atoms with E-state index in [2.05, 4.69) is 38.9 Å². The second kappa shape index (κ2) is 18.4. The van der Waals surface area contributed by atoms with Crippen LogP contribution in [0.4, 0.5) is 5.82 Å². The van der Waals surface area contributed by atoms with Gasteiger partial charge in [-0.2, -0.15) is 9.47 Å². The standard InChI is InChI=1S/C25H37N8O19P3S/c1-25(2,18(36)22(38)28-4-3-14(34)27-5-6-56-24(39)12-7-47-32-21(12)37)9-49-55(45,46)52-54(43,44)48-8-13-17(51-53(40,41)42)16(35)23(50-13)33-11-31-15-19(26)29-10-30-20(15)33/h7,10-11,13,16-18,23,35-36H,3-6,8-9H2,1-2H3,(H,27,34)(H,28,38)(H,32,37)(H,43,44)(H,45,46)(H2,26,29,30)(H2,40,41,42). The number of imidazole rings is 1. The Balaban J connectivity index is 1.24. The summed E-state index contributed by atoms with van der Waals surface area (Å²) in [7, 11) is -16.4. The lowest BCUT2D eigenvalue weighted by molar-refractivity contribution is -0.137. The topological polar surface area (TPSA) is 410 Å². The van der Waals surface area contributed by atoms with Crippen molar-refractivity contribution in [2.24, 2.45) is 5.41 Å². The van der Waals surface area contributed by atoms with Crippen molar-refractivity contribution in [3.63, 3.8) is 0 Å². The molecule has 2 amide bonds. The molecule has 7 atom stereocenters. The van der Waals surface area contributed by atoms with E-state index in [1.54, 1.807) is 0 Å². The van der Waals surface area contributed by atoms with Crippen molar-refractivity contribution in [2.75, 3.05) is 37.8 Å². The molecule has 11 N–H and O–H groups in total. The third-order valence-corrected chi connectivity index (χ3v) is 11.5. The first-order chi connectivity index (χ1) is 26.0. The van der Waals surface area contributed by atoms with E-state index in [1.807, 2.05) is 5.16 Å². The van der Waals surface area contributed by atoms with Crippen molar-refractivity contribution in [1.82, 2.24) is 35.3 Å². The van der Waals surface area contributed by atoms with E-state index in [0.717, 1.165) is 35.2 Å². The molecule has 4 rings (SSSR count). The lowest BCUT2D eigenvalue weighted by atomic mass is 9.87. The first kappa shape index (κ1) is 45.3. The minimum atomic E-state index is -5.59. The maximum Gasteiger partial charge on any atom is 0.481 e. The number of aromatic nitrogens is 5. The van der Waals surface area contributed by atoms with Crippen LogP contribution in [-0.2, 0) is 45.9 Å². The van der Waals surface area contributed by atoms with Crippen molar-refractivity contribution in [3.05, 3.63) is 34.8 Å². The minimum Gasteiger partial charge on any atom is -0.386 e. The number of phosphoric ester groups is 3. The van der Waals surface area contributed by atoms with Crippen LogP contribution in [0.25, 0.3) is 11.2 Å². The molecule has 312 valence electrons. The van der Waals surface area contributed by atoms with E-state index < -0.39 is 95.2 Å². The number of hydrogen-bond acceptors (Lipinski definition) is 20. The molecule has 3 aromatic rings. The third kappa shape index (κ3) is 12.3. The SMILES string of the molecule is CC(C)(COP(=O)(O)OP(=O)(O)OCC1OC(n2cnc3c(N)ncnc32)C(O)C1OP(=O)(O)O)C(O)C(=O)NCCC(=O)NCCSC(=O)c1co[nH]c1=O. The van der Waals surface area contributed by atoms with Crippen LogP contribution >= 0.6 is 35.2 Å². The molecule has 27 nitrogen and oxygen atoms in total. The van der Waals surface area contributed by atoms with Gasteiger partial charge in [0.2, 0.25) is 16.9 Å². The van der Waals surface area contributed by atoms with Crippen LogP contribution in [0, 0.1) is 5.41 Å². The van der Waals surface area contributed by atoms with Crippen LogP contribution in [-0.4, -0.2) is 128 Å². The predicted molar refractivity (Wildman–Crippen MR) is 186 cm³/mol. The van der Waals surface area contributed by atoms with Gasteiger partial charge in [0.15, 0.2) is 17.7 Å². The number of amides is 2.